The van der Waals surface area contributed by atoms with Crippen LogP contribution < -0.4 is 0 Å². The molecule has 1 aromatic rings. The maximum absolute atomic E-state index is 8.65. The van der Waals surface area contributed by atoms with Gasteiger partial charge >= 0.3 is 0 Å². The minimum Gasteiger partial charge on any atom is -0.392 e. The van der Waals surface area contributed by atoms with E-state index in [9.17, 15) is 0 Å². The molecule has 0 saturated heterocycles. The predicted molar refractivity (Wildman–Crippen MR) is 75.3 cm³/mol. The Morgan fingerprint density at radius 3 is 2.67 bits per heavy atom. The zero-order valence-electron chi connectivity index (χ0n) is 10.8. The Labute approximate surface area is 110 Å². The van der Waals surface area contributed by atoms with Gasteiger partial charge in [-0.05, 0) is 24.8 Å². The number of aliphatic hydroxyl groups is 1. The average molecular weight is 246 g/mol. The highest BCUT2D eigenvalue weighted by atomic mass is 16.5. The van der Waals surface area contributed by atoms with Gasteiger partial charge < -0.3 is 9.84 Å². The summed E-state index contributed by atoms with van der Waals surface area (Å²) >= 11 is 0. The minimum atomic E-state index is 0.108. The summed E-state index contributed by atoms with van der Waals surface area (Å²) in [6.07, 6.45) is 8.59. The Bertz CT molecular complexity index is 343. The second kappa shape index (κ2) is 9.63. The van der Waals surface area contributed by atoms with Gasteiger partial charge in [-0.15, -0.1) is 6.58 Å². The summed E-state index contributed by atoms with van der Waals surface area (Å²) in [5, 5.41) is 8.65. The van der Waals surface area contributed by atoms with Crippen LogP contribution in [-0.2, 0) is 11.3 Å². The molecule has 2 nitrogen and oxygen atoms in total. The molecule has 0 fully saturated rings. The highest BCUT2D eigenvalue weighted by molar-refractivity contribution is 5.13. The van der Waals surface area contributed by atoms with Crippen LogP contribution in [0, 0.1) is 0 Å². The Balaban J connectivity index is 2.33. The van der Waals surface area contributed by atoms with Crippen molar-refractivity contribution >= 4 is 0 Å². The van der Waals surface area contributed by atoms with Crippen LogP contribution in [0.5, 0.6) is 0 Å². The van der Waals surface area contributed by atoms with E-state index in [4.69, 9.17) is 9.84 Å². The first-order chi connectivity index (χ1) is 8.86. The van der Waals surface area contributed by atoms with Gasteiger partial charge in [0.25, 0.3) is 0 Å². The molecule has 0 aliphatic heterocycles. The molecular weight excluding hydrogens is 224 g/mol. The van der Waals surface area contributed by atoms with Crippen molar-refractivity contribution in [2.75, 3.05) is 6.61 Å². The van der Waals surface area contributed by atoms with Gasteiger partial charge in [-0.2, -0.15) is 0 Å². The Kier molecular flexibility index (Phi) is 7.85. The fourth-order valence-electron chi connectivity index (χ4n) is 1.72. The van der Waals surface area contributed by atoms with Gasteiger partial charge in [0.1, 0.15) is 0 Å². The third kappa shape index (κ3) is 6.38. The Hall–Kier alpha value is -1.38. The second-order valence-corrected chi connectivity index (χ2v) is 4.17. The molecule has 0 heterocycles. The van der Waals surface area contributed by atoms with Crippen LogP contribution in [0.1, 0.15) is 24.8 Å². The lowest BCUT2D eigenvalue weighted by atomic mass is 10.1. The fourth-order valence-corrected chi connectivity index (χ4v) is 1.72. The fraction of sp³-hybridized carbons (Fsp3) is 0.375. The summed E-state index contributed by atoms with van der Waals surface area (Å²) in [5.74, 6) is 0. The molecule has 1 unspecified atom stereocenters. The number of allylic oxidation sites excluding steroid dienone is 1. The third-order valence-corrected chi connectivity index (χ3v) is 2.69. The molecule has 1 aromatic carbocycles. The number of aliphatic hydroxyl groups excluding tert-OH is 1. The van der Waals surface area contributed by atoms with Crippen LogP contribution in [0.25, 0.3) is 0 Å². The molecule has 0 radical (unpaired) electrons. The van der Waals surface area contributed by atoms with E-state index in [1.807, 2.05) is 30.4 Å². The highest BCUT2D eigenvalue weighted by Gasteiger charge is 2.06. The summed E-state index contributed by atoms with van der Waals surface area (Å²) in [7, 11) is 0. The number of ether oxygens (including phenoxy) is 1. The molecule has 0 aromatic heterocycles. The molecule has 1 N–H and O–H groups in total. The van der Waals surface area contributed by atoms with E-state index in [1.165, 1.54) is 5.56 Å². The van der Waals surface area contributed by atoms with E-state index < -0.39 is 0 Å². The summed E-state index contributed by atoms with van der Waals surface area (Å²) in [5.41, 5.74) is 1.19. The number of rotatable bonds is 9. The van der Waals surface area contributed by atoms with E-state index in [-0.39, 0.29) is 12.7 Å². The molecule has 0 bridgehead atoms. The lowest BCUT2D eigenvalue weighted by molar-refractivity contribution is 0.0377. The van der Waals surface area contributed by atoms with E-state index in [1.54, 1.807) is 6.08 Å². The van der Waals surface area contributed by atoms with Crippen LogP contribution in [0.3, 0.4) is 0 Å². The van der Waals surface area contributed by atoms with Crippen molar-refractivity contribution in [3.63, 3.8) is 0 Å². The van der Waals surface area contributed by atoms with E-state index in [2.05, 4.69) is 18.7 Å². The van der Waals surface area contributed by atoms with Gasteiger partial charge in [0.05, 0.1) is 19.3 Å². The molecule has 2 heteroatoms. The molecule has 0 amide bonds. The second-order valence-electron chi connectivity index (χ2n) is 4.17. The monoisotopic (exact) mass is 246 g/mol. The van der Waals surface area contributed by atoms with Crippen LogP contribution in [0.15, 0.2) is 55.1 Å². The van der Waals surface area contributed by atoms with Crippen molar-refractivity contribution in [1.82, 2.24) is 0 Å². The van der Waals surface area contributed by atoms with E-state index >= 15 is 0 Å². The van der Waals surface area contributed by atoms with Crippen molar-refractivity contribution in [2.24, 2.45) is 0 Å². The quantitative estimate of drug-likeness (QED) is 0.676. The summed E-state index contributed by atoms with van der Waals surface area (Å²) < 4.78 is 5.88. The maximum Gasteiger partial charge on any atom is 0.0720 e. The first kappa shape index (κ1) is 14.7. The lowest BCUT2D eigenvalue weighted by Crippen LogP contribution is -2.11. The van der Waals surface area contributed by atoms with Gasteiger partial charge in [-0.25, -0.2) is 0 Å². The molecule has 1 rings (SSSR count). The molecular formula is C16H22O2. The lowest BCUT2D eigenvalue weighted by Gasteiger charge is -2.15. The first-order valence-electron chi connectivity index (χ1n) is 6.39. The predicted octanol–water partition coefficient (Wildman–Crippen LogP) is 3.48. The number of hydrogen-bond donors (Lipinski definition) is 1. The van der Waals surface area contributed by atoms with Gasteiger partial charge in [0.15, 0.2) is 0 Å². The molecule has 1 atom stereocenters. The zero-order chi connectivity index (χ0) is 13.1. The maximum atomic E-state index is 8.65. The van der Waals surface area contributed by atoms with Crippen molar-refractivity contribution in [2.45, 2.75) is 32.0 Å². The summed E-state index contributed by atoms with van der Waals surface area (Å²) in [6.45, 7) is 4.51. The van der Waals surface area contributed by atoms with E-state index in [0.717, 1.165) is 19.3 Å². The molecule has 0 aliphatic carbocycles. The Morgan fingerprint density at radius 2 is 2.00 bits per heavy atom. The SMILES string of the molecule is C=CCC(CC/C=C\CO)OCc1ccccc1. The molecule has 98 valence electrons. The topological polar surface area (TPSA) is 29.5 Å². The zero-order valence-corrected chi connectivity index (χ0v) is 10.8. The van der Waals surface area contributed by atoms with Gasteiger partial charge in [-0.3, -0.25) is 0 Å². The standard InChI is InChI=1S/C16H22O2/c1-2-9-16(12-7-4-8-13-17)18-14-15-10-5-3-6-11-15/h2-6,8,10-11,16-17H,1,7,9,12-14H2/b8-4-. The highest BCUT2D eigenvalue weighted by Crippen LogP contribution is 2.11. The average Bonchev–Trinajstić information content (AvgIpc) is 2.42. The third-order valence-electron chi connectivity index (χ3n) is 2.69. The van der Waals surface area contributed by atoms with Crippen LogP contribution in [0.4, 0.5) is 0 Å². The van der Waals surface area contributed by atoms with Gasteiger partial charge in [0, 0.05) is 0 Å². The summed E-state index contributed by atoms with van der Waals surface area (Å²) in [6, 6.07) is 10.2. The van der Waals surface area contributed by atoms with Gasteiger partial charge in [-0.1, -0.05) is 48.6 Å². The van der Waals surface area contributed by atoms with Crippen molar-refractivity contribution in [3.05, 3.63) is 60.7 Å². The number of benzene rings is 1. The molecule has 0 spiro atoms. The summed E-state index contributed by atoms with van der Waals surface area (Å²) in [4.78, 5) is 0. The van der Waals surface area contributed by atoms with Crippen molar-refractivity contribution < 1.29 is 9.84 Å². The molecule has 18 heavy (non-hydrogen) atoms. The smallest absolute Gasteiger partial charge is 0.0720 e. The first-order valence-corrected chi connectivity index (χ1v) is 6.39. The normalized spacial score (nSPS) is 12.7. The minimum absolute atomic E-state index is 0.108. The molecule has 0 aliphatic rings. The Morgan fingerprint density at radius 1 is 1.22 bits per heavy atom. The van der Waals surface area contributed by atoms with Gasteiger partial charge in [0.2, 0.25) is 0 Å². The van der Waals surface area contributed by atoms with E-state index in [0.29, 0.717) is 6.61 Å². The van der Waals surface area contributed by atoms with Crippen LogP contribution >= 0.6 is 0 Å². The largest absolute Gasteiger partial charge is 0.392 e. The van der Waals surface area contributed by atoms with Crippen molar-refractivity contribution in [3.8, 4) is 0 Å². The van der Waals surface area contributed by atoms with Crippen LogP contribution in [0.2, 0.25) is 0 Å². The molecule has 0 saturated carbocycles. The number of hydrogen-bond acceptors (Lipinski definition) is 2. The van der Waals surface area contributed by atoms with Crippen LogP contribution in [-0.4, -0.2) is 17.8 Å². The van der Waals surface area contributed by atoms with Crippen molar-refractivity contribution in [1.29, 1.82) is 0 Å².